The molecule has 11 nitrogen and oxygen atoms in total. The van der Waals surface area contributed by atoms with E-state index >= 15 is 0 Å². The van der Waals surface area contributed by atoms with E-state index < -0.39 is 74.7 Å². The van der Waals surface area contributed by atoms with Gasteiger partial charge in [0.15, 0.2) is 18.5 Å². The maximum Gasteiger partial charge on any atom is 0.306 e. The van der Waals surface area contributed by atoms with Crippen molar-refractivity contribution in [2.75, 3.05) is 19.8 Å². The third kappa shape index (κ3) is 14.7. The monoisotopic (exact) mass is 564 g/mol. The second-order valence-corrected chi connectivity index (χ2v) is 10.4. The molecule has 7 unspecified atom stereocenters. The van der Waals surface area contributed by atoms with Gasteiger partial charge in [0, 0.05) is 13.3 Å². The maximum atomic E-state index is 12.6. The smallest absolute Gasteiger partial charge is 0.306 e. The van der Waals surface area contributed by atoms with Crippen LogP contribution in [0.25, 0.3) is 0 Å². The molecule has 1 heterocycles. The molecule has 0 aromatic carbocycles. The first-order valence-corrected chi connectivity index (χ1v) is 14.6. The summed E-state index contributed by atoms with van der Waals surface area (Å²) < 4.78 is 21.6. The molecule has 230 valence electrons. The number of unbranched alkanes of at least 4 members (excludes halogenated alkanes) is 12. The Labute approximate surface area is 232 Å². The van der Waals surface area contributed by atoms with Crippen LogP contribution in [0.1, 0.15) is 104 Å². The number of esters is 2. The van der Waals surface area contributed by atoms with Crippen molar-refractivity contribution in [1.82, 2.24) is 0 Å². The van der Waals surface area contributed by atoms with Gasteiger partial charge in [0.05, 0.1) is 19.8 Å². The number of aliphatic hydroxyl groups is 5. The Balaban J connectivity index is 2.47. The van der Waals surface area contributed by atoms with Crippen LogP contribution in [0.5, 0.6) is 0 Å². The fraction of sp³-hybridized carbons (Fsp3) is 0.929. The summed E-state index contributed by atoms with van der Waals surface area (Å²) >= 11 is 0. The fourth-order valence-corrected chi connectivity index (χ4v) is 4.55. The predicted octanol–water partition coefficient (Wildman–Crippen LogP) is 2.12. The molecule has 11 heteroatoms. The highest BCUT2D eigenvalue weighted by Gasteiger charge is 2.50. The molecule has 1 saturated heterocycles. The lowest BCUT2D eigenvalue weighted by Gasteiger charge is -2.42. The van der Waals surface area contributed by atoms with Crippen LogP contribution in [0.4, 0.5) is 0 Å². The Morgan fingerprint density at radius 2 is 1.33 bits per heavy atom. The van der Waals surface area contributed by atoms with E-state index in [4.69, 9.17) is 24.1 Å². The van der Waals surface area contributed by atoms with Gasteiger partial charge in [0.25, 0.3) is 0 Å². The molecule has 0 bridgehead atoms. The average molecular weight is 565 g/mol. The van der Waals surface area contributed by atoms with E-state index in [-0.39, 0.29) is 6.42 Å². The van der Waals surface area contributed by atoms with E-state index in [2.05, 4.69) is 6.92 Å². The van der Waals surface area contributed by atoms with Crippen LogP contribution in [0.2, 0.25) is 0 Å². The molecule has 0 spiro atoms. The molecule has 0 aromatic heterocycles. The molecule has 0 amide bonds. The molecule has 0 radical (unpaired) electrons. The van der Waals surface area contributed by atoms with Gasteiger partial charge in [0.2, 0.25) is 0 Å². The zero-order valence-corrected chi connectivity index (χ0v) is 23.7. The van der Waals surface area contributed by atoms with E-state index in [1.54, 1.807) is 0 Å². The van der Waals surface area contributed by atoms with Crippen LogP contribution in [0, 0.1) is 0 Å². The molecule has 0 saturated carbocycles. The summed E-state index contributed by atoms with van der Waals surface area (Å²) in [4.78, 5) is 24.3. The first-order valence-electron chi connectivity index (χ1n) is 14.6. The number of aliphatic hydroxyl groups excluding tert-OH is 5. The SMILES string of the molecule is CCCCCCCCCCCCCCCC(=O)OC1C(O)C(CO)OC(OCC(O)C(O)CO)C1OC(C)=O. The molecule has 1 aliphatic heterocycles. The van der Waals surface area contributed by atoms with Crippen LogP contribution in [0.3, 0.4) is 0 Å². The number of hydrogen-bond acceptors (Lipinski definition) is 11. The second kappa shape index (κ2) is 21.4. The van der Waals surface area contributed by atoms with Crippen LogP contribution in [-0.4, -0.2) is 100 Å². The van der Waals surface area contributed by atoms with Crippen LogP contribution < -0.4 is 0 Å². The minimum Gasteiger partial charge on any atom is -0.455 e. The summed E-state index contributed by atoms with van der Waals surface area (Å²) in [5, 5.41) is 48.6. The van der Waals surface area contributed by atoms with E-state index in [0.717, 1.165) is 26.2 Å². The van der Waals surface area contributed by atoms with Gasteiger partial charge in [-0.3, -0.25) is 9.59 Å². The Morgan fingerprint density at radius 1 is 0.795 bits per heavy atom. The molecular formula is C28H52O11. The zero-order chi connectivity index (χ0) is 29.0. The van der Waals surface area contributed by atoms with Crippen molar-refractivity contribution in [2.24, 2.45) is 0 Å². The molecule has 0 aliphatic carbocycles. The first-order chi connectivity index (χ1) is 18.7. The molecule has 1 aliphatic rings. The van der Waals surface area contributed by atoms with Crippen molar-refractivity contribution < 1.29 is 54.1 Å². The summed E-state index contributed by atoms with van der Waals surface area (Å²) in [6.45, 7) is 1.49. The highest BCUT2D eigenvalue weighted by atomic mass is 16.7. The Bertz CT molecular complexity index is 647. The highest BCUT2D eigenvalue weighted by Crippen LogP contribution is 2.28. The summed E-state index contributed by atoms with van der Waals surface area (Å²) in [5.74, 6) is -1.34. The van der Waals surface area contributed by atoms with E-state index in [1.165, 1.54) is 57.8 Å². The standard InChI is InChI=1S/C28H52O11/c1-3-4-5-6-7-8-9-10-11-12-13-14-15-16-24(34)39-26-25(35)23(18-30)38-28(27(26)37-20(2)31)36-19-22(33)21(32)17-29/h21-23,25-30,32-33,35H,3-19H2,1-2H3. The van der Waals surface area contributed by atoms with E-state index in [0.29, 0.717) is 6.42 Å². The quantitative estimate of drug-likeness (QED) is 0.0963. The lowest BCUT2D eigenvalue weighted by Crippen LogP contribution is -2.62. The van der Waals surface area contributed by atoms with Crippen molar-refractivity contribution in [3.8, 4) is 0 Å². The van der Waals surface area contributed by atoms with Crippen LogP contribution in [0.15, 0.2) is 0 Å². The van der Waals surface area contributed by atoms with Gasteiger partial charge >= 0.3 is 11.9 Å². The number of rotatable bonds is 22. The number of hydrogen-bond donors (Lipinski definition) is 5. The molecule has 1 rings (SSSR count). The molecule has 39 heavy (non-hydrogen) atoms. The van der Waals surface area contributed by atoms with Crippen LogP contribution in [-0.2, 0) is 28.5 Å². The maximum absolute atomic E-state index is 12.6. The second-order valence-electron chi connectivity index (χ2n) is 10.4. The van der Waals surface area contributed by atoms with Crippen molar-refractivity contribution in [3.05, 3.63) is 0 Å². The molecule has 7 atom stereocenters. The van der Waals surface area contributed by atoms with E-state index in [9.17, 15) is 30.0 Å². The van der Waals surface area contributed by atoms with Gasteiger partial charge in [-0.1, -0.05) is 84.0 Å². The minimum atomic E-state index is -1.50. The fourth-order valence-electron chi connectivity index (χ4n) is 4.55. The highest BCUT2D eigenvalue weighted by molar-refractivity contribution is 5.70. The number of carbonyl (C=O) groups is 2. The van der Waals surface area contributed by atoms with Crippen molar-refractivity contribution in [3.63, 3.8) is 0 Å². The zero-order valence-electron chi connectivity index (χ0n) is 23.7. The van der Waals surface area contributed by atoms with Gasteiger partial charge < -0.3 is 44.5 Å². The van der Waals surface area contributed by atoms with Gasteiger partial charge in [-0.25, -0.2) is 0 Å². The largest absolute Gasteiger partial charge is 0.455 e. The van der Waals surface area contributed by atoms with Gasteiger partial charge in [0.1, 0.15) is 24.4 Å². The van der Waals surface area contributed by atoms with Crippen LogP contribution >= 0.6 is 0 Å². The molecular weight excluding hydrogens is 512 g/mol. The predicted molar refractivity (Wildman–Crippen MR) is 143 cm³/mol. The lowest BCUT2D eigenvalue weighted by molar-refractivity contribution is -0.310. The summed E-state index contributed by atoms with van der Waals surface area (Å²) in [7, 11) is 0. The molecule has 1 fully saturated rings. The van der Waals surface area contributed by atoms with Gasteiger partial charge in [-0.05, 0) is 6.42 Å². The van der Waals surface area contributed by atoms with E-state index in [1.807, 2.05) is 0 Å². The normalized spacial score (nSPS) is 24.7. The van der Waals surface area contributed by atoms with Gasteiger partial charge in [-0.15, -0.1) is 0 Å². The minimum absolute atomic E-state index is 0.116. The Morgan fingerprint density at radius 3 is 1.82 bits per heavy atom. The molecule has 0 aromatic rings. The van der Waals surface area contributed by atoms with Gasteiger partial charge in [-0.2, -0.15) is 0 Å². The average Bonchev–Trinajstić information content (AvgIpc) is 2.91. The van der Waals surface area contributed by atoms with Crippen molar-refractivity contribution in [2.45, 2.75) is 147 Å². The Kier molecular flexibility index (Phi) is 19.6. The number of ether oxygens (including phenoxy) is 4. The summed E-state index contributed by atoms with van der Waals surface area (Å²) in [5.41, 5.74) is 0. The summed E-state index contributed by atoms with van der Waals surface area (Å²) in [6.07, 6.45) is 5.50. The third-order valence-electron chi connectivity index (χ3n) is 6.91. The summed E-state index contributed by atoms with van der Waals surface area (Å²) in [6, 6.07) is 0. The first kappa shape index (κ1) is 35.7. The van der Waals surface area contributed by atoms with Crippen molar-refractivity contribution >= 4 is 11.9 Å². The van der Waals surface area contributed by atoms with Crippen molar-refractivity contribution in [1.29, 1.82) is 0 Å². The molecule has 5 N–H and O–H groups in total. The number of carbonyl (C=O) groups excluding carboxylic acids is 2. The lowest BCUT2D eigenvalue weighted by atomic mass is 9.98. The third-order valence-corrected chi connectivity index (χ3v) is 6.91. The Hall–Kier alpha value is -1.34. The topological polar surface area (TPSA) is 172 Å².